The minimum Gasteiger partial charge on any atom is -0.480 e. The van der Waals surface area contributed by atoms with Crippen LogP contribution in [0.3, 0.4) is 0 Å². The highest BCUT2D eigenvalue weighted by atomic mass is 16.4. The molecule has 0 aromatic heterocycles. The first-order chi connectivity index (χ1) is 19.6. The molecule has 3 rings (SSSR count). The summed E-state index contributed by atoms with van der Waals surface area (Å²) in [7, 11) is 0. The molecule has 5 unspecified atom stereocenters. The van der Waals surface area contributed by atoms with Gasteiger partial charge in [-0.2, -0.15) is 0 Å². The quantitative estimate of drug-likeness (QED) is 0.170. The van der Waals surface area contributed by atoms with E-state index < -0.39 is 54.0 Å². The monoisotopic (exact) mass is 560 g/mol. The van der Waals surface area contributed by atoms with Crippen molar-refractivity contribution < 1.29 is 29.4 Å². The molecular weight excluding hydrogens is 524 g/mol. The fraction of sp³-hybridized carbons (Fsp3) is 0.290. The summed E-state index contributed by atoms with van der Waals surface area (Å²) in [4.78, 5) is 51.4. The molecule has 0 aliphatic carbocycles. The Hall–Kier alpha value is -4.54. The van der Waals surface area contributed by atoms with Crippen molar-refractivity contribution in [2.45, 2.75) is 56.5 Å². The largest absolute Gasteiger partial charge is 0.480 e. The highest BCUT2D eigenvalue weighted by Gasteiger charge is 2.33. The second kappa shape index (κ2) is 15.3. The molecule has 0 radical (unpaired) electrons. The predicted molar refractivity (Wildman–Crippen MR) is 154 cm³/mol. The molecular formula is C31H36N4O6. The number of carboxylic acids is 1. The minimum atomic E-state index is -1.48. The maximum Gasteiger partial charge on any atom is 0.326 e. The van der Waals surface area contributed by atoms with Crippen LogP contribution in [0.4, 0.5) is 0 Å². The lowest BCUT2D eigenvalue weighted by molar-refractivity contribution is -0.143. The van der Waals surface area contributed by atoms with E-state index in [4.69, 9.17) is 5.73 Å². The zero-order chi connectivity index (χ0) is 29.8. The van der Waals surface area contributed by atoms with E-state index in [9.17, 15) is 29.4 Å². The second-order valence-electron chi connectivity index (χ2n) is 9.86. The highest BCUT2D eigenvalue weighted by Crippen LogP contribution is 2.08. The number of nitrogens with two attached hydrogens (primary N) is 1. The van der Waals surface area contributed by atoms with Crippen LogP contribution in [-0.2, 0) is 38.4 Å². The third-order valence-electron chi connectivity index (χ3n) is 6.51. The summed E-state index contributed by atoms with van der Waals surface area (Å²) in [5.41, 5.74) is 8.42. The van der Waals surface area contributed by atoms with Crippen molar-refractivity contribution in [1.82, 2.24) is 16.0 Å². The Morgan fingerprint density at radius 3 is 1.49 bits per heavy atom. The molecule has 3 aromatic carbocycles. The molecule has 0 fully saturated rings. The van der Waals surface area contributed by atoms with Gasteiger partial charge in [0.2, 0.25) is 17.7 Å². The summed E-state index contributed by atoms with van der Waals surface area (Å²) < 4.78 is 0. The fourth-order valence-electron chi connectivity index (χ4n) is 4.27. The van der Waals surface area contributed by atoms with E-state index in [0.717, 1.165) is 11.1 Å². The van der Waals surface area contributed by atoms with Crippen LogP contribution in [0, 0.1) is 0 Å². The number of aliphatic carboxylic acids is 1. The van der Waals surface area contributed by atoms with Crippen molar-refractivity contribution >= 4 is 23.7 Å². The van der Waals surface area contributed by atoms with Gasteiger partial charge in [-0.25, -0.2) is 4.79 Å². The van der Waals surface area contributed by atoms with Crippen molar-refractivity contribution in [2.75, 3.05) is 0 Å². The number of aliphatic hydroxyl groups is 1. The van der Waals surface area contributed by atoms with Crippen molar-refractivity contribution in [2.24, 2.45) is 5.73 Å². The number of hydrogen-bond acceptors (Lipinski definition) is 6. The number of aliphatic hydroxyl groups excluding tert-OH is 1. The molecule has 0 saturated carbocycles. The van der Waals surface area contributed by atoms with Gasteiger partial charge in [-0.3, -0.25) is 14.4 Å². The van der Waals surface area contributed by atoms with Crippen LogP contribution in [0.1, 0.15) is 23.6 Å². The summed E-state index contributed by atoms with van der Waals surface area (Å²) >= 11 is 0. The lowest BCUT2D eigenvalue weighted by atomic mass is 10.0. The molecule has 216 valence electrons. The normalized spacial score (nSPS) is 14.5. The second-order valence-corrected chi connectivity index (χ2v) is 9.86. The maximum absolute atomic E-state index is 13.4. The van der Waals surface area contributed by atoms with E-state index in [0.29, 0.717) is 5.56 Å². The van der Waals surface area contributed by atoms with E-state index in [1.165, 1.54) is 6.92 Å². The van der Waals surface area contributed by atoms with Crippen LogP contribution in [-0.4, -0.2) is 64.2 Å². The Morgan fingerprint density at radius 2 is 1.05 bits per heavy atom. The predicted octanol–water partition coefficient (Wildman–Crippen LogP) is 0.962. The Labute approximate surface area is 239 Å². The van der Waals surface area contributed by atoms with Crippen LogP contribution in [0.25, 0.3) is 0 Å². The Kier molecular flexibility index (Phi) is 11.6. The van der Waals surface area contributed by atoms with Crippen LogP contribution in [0.15, 0.2) is 91.0 Å². The number of nitrogens with one attached hydrogen (secondary N) is 3. The standard InChI is InChI=1S/C31H36N4O6/c1-20(36)27(30(39)34-26(31(40)41)19-23-15-9-4-10-16-23)35-29(38)25(18-22-13-7-3-8-14-22)33-28(37)24(32)17-21-11-5-2-6-12-21/h2-16,20,24-27,36H,17-19,32H2,1H3,(H,33,37)(H,34,39)(H,35,38)(H,40,41). The summed E-state index contributed by atoms with van der Waals surface area (Å²) in [5.74, 6) is -3.43. The SMILES string of the molecule is CC(O)C(NC(=O)C(Cc1ccccc1)NC(=O)C(N)Cc1ccccc1)C(=O)NC(Cc1ccccc1)C(=O)O. The maximum atomic E-state index is 13.4. The first-order valence-corrected chi connectivity index (χ1v) is 13.3. The number of benzene rings is 3. The number of amides is 3. The van der Waals surface area contributed by atoms with Crippen LogP contribution >= 0.6 is 0 Å². The van der Waals surface area contributed by atoms with Gasteiger partial charge in [-0.15, -0.1) is 0 Å². The third-order valence-corrected chi connectivity index (χ3v) is 6.51. The van der Waals surface area contributed by atoms with Gasteiger partial charge < -0.3 is 31.9 Å². The number of hydrogen-bond donors (Lipinski definition) is 6. The molecule has 0 saturated heterocycles. The molecule has 7 N–H and O–H groups in total. The summed E-state index contributed by atoms with van der Waals surface area (Å²) in [5, 5.41) is 27.6. The van der Waals surface area contributed by atoms with Crippen molar-refractivity contribution in [3.63, 3.8) is 0 Å². The van der Waals surface area contributed by atoms with Crippen molar-refractivity contribution in [3.8, 4) is 0 Å². The molecule has 0 aliphatic heterocycles. The van der Waals surface area contributed by atoms with Gasteiger partial charge in [0.15, 0.2) is 0 Å². The van der Waals surface area contributed by atoms with Gasteiger partial charge in [-0.1, -0.05) is 91.0 Å². The lowest BCUT2D eigenvalue weighted by Crippen LogP contribution is -2.60. The topological polar surface area (TPSA) is 171 Å². The van der Waals surface area contributed by atoms with Gasteiger partial charge in [0.05, 0.1) is 12.1 Å². The van der Waals surface area contributed by atoms with Gasteiger partial charge >= 0.3 is 5.97 Å². The minimum absolute atomic E-state index is 0.00832. The van der Waals surface area contributed by atoms with E-state index in [1.807, 2.05) is 36.4 Å². The average Bonchev–Trinajstić information content (AvgIpc) is 2.96. The smallest absolute Gasteiger partial charge is 0.326 e. The Bertz CT molecular complexity index is 1290. The molecule has 0 aliphatic rings. The molecule has 41 heavy (non-hydrogen) atoms. The summed E-state index contributed by atoms with van der Waals surface area (Å²) in [6, 6.07) is 22.1. The molecule has 3 amide bonds. The van der Waals surface area contributed by atoms with Gasteiger partial charge in [0.1, 0.15) is 18.1 Å². The molecule has 0 spiro atoms. The van der Waals surface area contributed by atoms with Crippen LogP contribution in [0.2, 0.25) is 0 Å². The summed E-state index contributed by atoms with van der Waals surface area (Å²) in [6.45, 7) is 1.30. The first-order valence-electron chi connectivity index (χ1n) is 13.3. The molecule has 10 nitrogen and oxygen atoms in total. The summed E-state index contributed by atoms with van der Waals surface area (Å²) in [6.07, 6.45) is -1.01. The third kappa shape index (κ3) is 9.86. The molecule has 0 heterocycles. The Balaban J connectivity index is 1.73. The zero-order valence-corrected chi connectivity index (χ0v) is 22.8. The number of carbonyl (C=O) groups is 4. The van der Waals surface area contributed by atoms with E-state index in [1.54, 1.807) is 54.6 Å². The first kappa shape index (κ1) is 31.0. The van der Waals surface area contributed by atoms with Crippen molar-refractivity contribution in [3.05, 3.63) is 108 Å². The fourth-order valence-corrected chi connectivity index (χ4v) is 4.27. The molecule has 10 heteroatoms. The van der Waals surface area contributed by atoms with Gasteiger partial charge in [0, 0.05) is 12.8 Å². The number of carboxylic acid groups (broad SMARTS) is 1. The molecule has 5 atom stereocenters. The number of rotatable bonds is 14. The van der Waals surface area contributed by atoms with Crippen LogP contribution < -0.4 is 21.7 Å². The molecule has 0 bridgehead atoms. The van der Waals surface area contributed by atoms with E-state index >= 15 is 0 Å². The van der Waals surface area contributed by atoms with E-state index in [2.05, 4.69) is 16.0 Å². The van der Waals surface area contributed by atoms with Crippen molar-refractivity contribution in [1.29, 1.82) is 0 Å². The van der Waals surface area contributed by atoms with E-state index in [-0.39, 0.29) is 19.3 Å². The number of carbonyl (C=O) groups excluding carboxylic acids is 3. The van der Waals surface area contributed by atoms with Crippen LogP contribution in [0.5, 0.6) is 0 Å². The lowest BCUT2D eigenvalue weighted by Gasteiger charge is -2.26. The Morgan fingerprint density at radius 1 is 0.634 bits per heavy atom. The highest BCUT2D eigenvalue weighted by molar-refractivity contribution is 5.94. The average molecular weight is 561 g/mol. The molecule has 3 aromatic rings. The van der Waals surface area contributed by atoms with Gasteiger partial charge in [-0.05, 0) is 30.0 Å². The zero-order valence-electron chi connectivity index (χ0n) is 22.8. The van der Waals surface area contributed by atoms with Gasteiger partial charge in [0.25, 0.3) is 0 Å².